The first kappa shape index (κ1) is 9.79. The van der Waals surface area contributed by atoms with Crippen LogP contribution in [-0.4, -0.2) is 13.1 Å². The molecule has 1 fully saturated rings. The normalized spacial score (nSPS) is 29.1. The largest absolute Gasteiger partial charge is 0.317 e. The second-order valence-electron chi connectivity index (χ2n) is 3.81. The predicted molar refractivity (Wildman–Crippen MR) is 54.2 cm³/mol. The summed E-state index contributed by atoms with van der Waals surface area (Å²) in [7, 11) is 2.09. The average Bonchev–Trinajstić information content (AvgIpc) is 2.52. The molecule has 1 nitrogen and oxygen atoms in total. The molecular weight excluding hydrogens is 146 g/mol. The Hall–Kier alpha value is -0.300. The van der Waals surface area contributed by atoms with Gasteiger partial charge in [-0.1, -0.05) is 12.5 Å². The molecule has 0 spiro atoms. The zero-order valence-electron chi connectivity index (χ0n) is 8.18. The van der Waals surface area contributed by atoms with E-state index in [1.807, 2.05) is 6.08 Å². The van der Waals surface area contributed by atoms with Crippen molar-refractivity contribution in [3.05, 3.63) is 12.7 Å². The molecule has 0 bridgehead atoms. The molecule has 0 aromatic heterocycles. The van der Waals surface area contributed by atoms with E-state index in [9.17, 15) is 0 Å². The van der Waals surface area contributed by atoms with Crippen molar-refractivity contribution in [3.8, 4) is 0 Å². The van der Waals surface area contributed by atoms with Crippen molar-refractivity contribution < 1.29 is 0 Å². The van der Waals surface area contributed by atoms with Crippen LogP contribution in [0.2, 0.25) is 0 Å². The molecule has 1 N–H and O–H groups in total. The third-order valence-electron chi connectivity index (χ3n) is 3.01. The van der Waals surface area contributed by atoms with E-state index in [0.29, 0.717) is 0 Å². The maximum absolute atomic E-state index is 3.75. The number of hydrogen-bond donors (Lipinski definition) is 1. The van der Waals surface area contributed by atoms with Crippen molar-refractivity contribution in [3.63, 3.8) is 0 Å². The molecule has 70 valence electrons. The van der Waals surface area contributed by atoms with E-state index < -0.39 is 0 Å². The zero-order chi connectivity index (χ0) is 8.81. The molecule has 0 radical (unpaired) electrons. The first-order valence-corrected chi connectivity index (χ1v) is 5.16. The molecule has 0 aromatic carbocycles. The fraction of sp³-hybridized carbons (Fsp3) is 0.818. The molecule has 2 atom stereocenters. The van der Waals surface area contributed by atoms with Gasteiger partial charge in [-0.2, -0.15) is 0 Å². The minimum atomic E-state index is 0.801. The van der Waals surface area contributed by atoms with Gasteiger partial charge in [-0.3, -0.25) is 0 Å². The fourth-order valence-corrected chi connectivity index (χ4v) is 2.29. The monoisotopic (exact) mass is 167 g/mol. The maximum Gasteiger partial charge on any atom is 0.00923 e. The van der Waals surface area contributed by atoms with Crippen molar-refractivity contribution in [2.75, 3.05) is 7.05 Å². The van der Waals surface area contributed by atoms with Gasteiger partial charge in [-0.25, -0.2) is 0 Å². The maximum atomic E-state index is 3.75. The first-order chi connectivity index (χ1) is 5.88. The van der Waals surface area contributed by atoms with Gasteiger partial charge in [0.05, 0.1) is 0 Å². The van der Waals surface area contributed by atoms with Gasteiger partial charge in [0.1, 0.15) is 0 Å². The lowest BCUT2D eigenvalue weighted by Crippen LogP contribution is -2.28. The van der Waals surface area contributed by atoms with Gasteiger partial charge in [0.15, 0.2) is 0 Å². The summed E-state index contributed by atoms with van der Waals surface area (Å²) in [5.74, 6) is 0.940. The van der Waals surface area contributed by atoms with E-state index in [0.717, 1.165) is 12.0 Å². The van der Waals surface area contributed by atoms with Crippen molar-refractivity contribution >= 4 is 0 Å². The second-order valence-corrected chi connectivity index (χ2v) is 3.81. The molecule has 1 saturated carbocycles. The highest BCUT2D eigenvalue weighted by Crippen LogP contribution is 2.29. The van der Waals surface area contributed by atoms with E-state index in [1.54, 1.807) is 0 Å². The van der Waals surface area contributed by atoms with Crippen molar-refractivity contribution in [1.82, 2.24) is 5.32 Å². The van der Waals surface area contributed by atoms with Crippen LogP contribution in [0.25, 0.3) is 0 Å². The topological polar surface area (TPSA) is 12.0 Å². The van der Waals surface area contributed by atoms with Gasteiger partial charge in [0.2, 0.25) is 0 Å². The molecule has 0 saturated heterocycles. The Balaban J connectivity index is 2.16. The molecule has 12 heavy (non-hydrogen) atoms. The van der Waals surface area contributed by atoms with Crippen LogP contribution >= 0.6 is 0 Å². The van der Waals surface area contributed by atoms with E-state index in [-0.39, 0.29) is 0 Å². The standard InChI is InChI=1S/C11H21N/c1-3-4-5-7-10-8-6-9-11(10)12-2/h3,10-12H,1,4-9H2,2H3. The Labute approximate surface area is 76.2 Å². The van der Waals surface area contributed by atoms with Gasteiger partial charge < -0.3 is 5.32 Å². The van der Waals surface area contributed by atoms with E-state index >= 15 is 0 Å². The van der Waals surface area contributed by atoms with Crippen molar-refractivity contribution in [2.45, 2.75) is 44.6 Å². The van der Waals surface area contributed by atoms with E-state index in [4.69, 9.17) is 0 Å². The molecular formula is C11H21N. The van der Waals surface area contributed by atoms with Crippen molar-refractivity contribution in [2.24, 2.45) is 5.92 Å². The summed E-state index contributed by atoms with van der Waals surface area (Å²) >= 11 is 0. The summed E-state index contributed by atoms with van der Waals surface area (Å²) in [6.45, 7) is 3.75. The highest BCUT2D eigenvalue weighted by atomic mass is 14.9. The Morgan fingerprint density at radius 1 is 1.50 bits per heavy atom. The SMILES string of the molecule is C=CCCCC1CCCC1NC. The lowest BCUT2D eigenvalue weighted by atomic mass is 9.97. The Kier molecular flexibility index (Phi) is 4.37. The quantitative estimate of drug-likeness (QED) is 0.490. The van der Waals surface area contributed by atoms with E-state index in [2.05, 4.69) is 18.9 Å². The van der Waals surface area contributed by atoms with Gasteiger partial charge >= 0.3 is 0 Å². The fourth-order valence-electron chi connectivity index (χ4n) is 2.29. The molecule has 2 unspecified atom stereocenters. The van der Waals surface area contributed by atoms with Gasteiger partial charge in [-0.05, 0) is 45.1 Å². The Morgan fingerprint density at radius 2 is 2.33 bits per heavy atom. The van der Waals surface area contributed by atoms with Crippen LogP contribution in [0.1, 0.15) is 38.5 Å². The van der Waals surface area contributed by atoms with Gasteiger partial charge in [0.25, 0.3) is 0 Å². The molecule has 0 aliphatic heterocycles. The molecule has 1 rings (SSSR count). The third kappa shape index (κ3) is 2.63. The van der Waals surface area contributed by atoms with Crippen LogP contribution < -0.4 is 5.32 Å². The van der Waals surface area contributed by atoms with Crippen LogP contribution in [0.5, 0.6) is 0 Å². The molecule has 1 aliphatic carbocycles. The number of allylic oxidation sites excluding steroid dienone is 1. The molecule has 1 heteroatoms. The lowest BCUT2D eigenvalue weighted by Gasteiger charge is -2.18. The summed E-state index contributed by atoms with van der Waals surface area (Å²) in [6, 6.07) is 0.801. The average molecular weight is 167 g/mol. The zero-order valence-corrected chi connectivity index (χ0v) is 8.18. The summed E-state index contributed by atoms with van der Waals surface area (Å²) in [4.78, 5) is 0. The molecule has 1 aliphatic rings. The second kappa shape index (κ2) is 5.36. The Morgan fingerprint density at radius 3 is 3.00 bits per heavy atom. The van der Waals surface area contributed by atoms with E-state index in [1.165, 1.54) is 38.5 Å². The highest BCUT2D eigenvalue weighted by Gasteiger charge is 2.24. The number of rotatable bonds is 5. The molecule has 0 amide bonds. The summed E-state index contributed by atoms with van der Waals surface area (Å²) in [5, 5.41) is 3.42. The van der Waals surface area contributed by atoms with Crippen LogP contribution in [0.15, 0.2) is 12.7 Å². The number of nitrogens with one attached hydrogen (secondary N) is 1. The summed E-state index contributed by atoms with van der Waals surface area (Å²) in [6.07, 6.45) is 10.2. The lowest BCUT2D eigenvalue weighted by molar-refractivity contribution is 0.392. The third-order valence-corrected chi connectivity index (χ3v) is 3.01. The van der Waals surface area contributed by atoms with Crippen molar-refractivity contribution in [1.29, 1.82) is 0 Å². The van der Waals surface area contributed by atoms with Gasteiger partial charge in [-0.15, -0.1) is 6.58 Å². The summed E-state index contributed by atoms with van der Waals surface area (Å²) < 4.78 is 0. The summed E-state index contributed by atoms with van der Waals surface area (Å²) in [5.41, 5.74) is 0. The molecule has 0 heterocycles. The highest BCUT2D eigenvalue weighted by molar-refractivity contribution is 4.82. The smallest absolute Gasteiger partial charge is 0.00923 e. The van der Waals surface area contributed by atoms with Crippen LogP contribution in [0, 0.1) is 5.92 Å². The predicted octanol–water partition coefficient (Wildman–Crippen LogP) is 2.73. The number of hydrogen-bond acceptors (Lipinski definition) is 1. The van der Waals surface area contributed by atoms with Crippen LogP contribution in [0.4, 0.5) is 0 Å². The minimum Gasteiger partial charge on any atom is -0.317 e. The first-order valence-electron chi connectivity index (χ1n) is 5.16. The minimum absolute atomic E-state index is 0.801. The molecule has 0 aromatic rings. The van der Waals surface area contributed by atoms with Gasteiger partial charge in [0, 0.05) is 6.04 Å². The van der Waals surface area contributed by atoms with Crippen LogP contribution in [-0.2, 0) is 0 Å². The Bertz CT molecular complexity index is 131. The number of unbranched alkanes of at least 4 members (excludes halogenated alkanes) is 1. The van der Waals surface area contributed by atoms with Crippen LogP contribution in [0.3, 0.4) is 0 Å².